The number of rotatable bonds is 3. The summed E-state index contributed by atoms with van der Waals surface area (Å²) in [6.07, 6.45) is 3.53. The van der Waals surface area contributed by atoms with Crippen molar-refractivity contribution in [3.63, 3.8) is 0 Å². The molecule has 2 rings (SSSR count). The van der Waals surface area contributed by atoms with Crippen molar-refractivity contribution in [2.24, 2.45) is 4.99 Å². The van der Waals surface area contributed by atoms with Crippen molar-refractivity contribution in [1.82, 2.24) is 0 Å². The molecule has 1 aromatic heterocycles. The third-order valence-corrected chi connectivity index (χ3v) is 2.80. The zero-order chi connectivity index (χ0) is 11.4. The Morgan fingerprint density at radius 1 is 1.25 bits per heavy atom. The van der Waals surface area contributed by atoms with E-state index in [-0.39, 0.29) is 6.04 Å². The Balaban J connectivity index is 2.07. The maximum atomic E-state index is 5.28. The molecule has 0 amide bonds. The van der Waals surface area contributed by atoms with Gasteiger partial charge in [0.15, 0.2) is 0 Å². The molecule has 0 N–H and O–H groups in total. The number of nitrogens with zero attached hydrogens (tertiary/aromatic N) is 1. The average Bonchev–Trinajstić information content (AvgIpc) is 2.81. The summed E-state index contributed by atoms with van der Waals surface area (Å²) in [5.74, 6) is 0.883. The number of benzene rings is 1. The zero-order valence-corrected chi connectivity index (χ0v) is 10.5. The van der Waals surface area contributed by atoms with Crippen molar-refractivity contribution in [1.29, 1.82) is 0 Å². The molecule has 16 heavy (non-hydrogen) atoms. The van der Waals surface area contributed by atoms with Crippen LogP contribution in [0.2, 0.25) is 0 Å². The molecule has 0 bridgehead atoms. The van der Waals surface area contributed by atoms with Crippen LogP contribution in [0.15, 0.2) is 56.5 Å². The van der Waals surface area contributed by atoms with Gasteiger partial charge in [0.1, 0.15) is 11.8 Å². The monoisotopic (exact) mass is 277 g/mol. The van der Waals surface area contributed by atoms with Gasteiger partial charge in [-0.2, -0.15) is 0 Å². The van der Waals surface area contributed by atoms with Crippen LogP contribution in [0.25, 0.3) is 0 Å². The van der Waals surface area contributed by atoms with Gasteiger partial charge in [-0.1, -0.05) is 28.1 Å². The lowest BCUT2D eigenvalue weighted by atomic mass is 10.2. The molecule has 0 unspecified atom stereocenters. The van der Waals surface area contributed by atoms with Crippen LogP contribution in [0.4, 0.5) is 0 Å². The van der Waals surface area contributed by atoms with Crippen LogP contribution in [0.3, 0.4) is 0 Å². The first kappa shape index (κ1) is 11.1. The molecule has 0 aliphatic heterocycles. The van der Waals surface area contributed by atoms with E-state index < -0.39 is 0 Å². The van der Waals surface area contributed by atoms with Gasteiger partial charge in [0.05, 0.1) is 6.26 Å². The van der Waals surface area contributed by atoms with Crippen molar-refractivity contribution in [3.8, 4) is 0 Å². The molecule has 1 atom stereocenters. The molecule has 3 heteroatoms. The topological polar surface area (TPSA) is 25.5 Å². The van der Waals surface area contributed by atoms with E-state index in [4.69, 9.17) is 4.42 Å². The van der Waals surface area contributed by atoms with E-state index in [0.29, 0.717) is 0 Å². The Bertz CT molecular complexity index is 459. The van der Waals surface area contributed by atoms with Gasteiger partial charge < -0.3 is 4.42 Å². The molecule has 2 aromatic rings. The summed E-state index contributed by atoms with van der Waals surface area (Å²) >= 11 is 3.40. The maximum Gasteiger partial charge on any atom is 0.127 e. The van der Waals surface area contributed by atoms with Gasteiger partial charge in [-0.3, -0.25) is 4.99 Å². The summed E-state index contributed by atoms with van der Waals surface area (Å²) in [5.41, 5.74) is 1.08. The molecule has 0 radical (unpaired) electrons. The number of furan rings is 1. The lowest BCUT2D eigenvalue weighted by Gasteiger charge is -2.01. The summed E-state index contributed by atoms with van der Waals surface area (Å²) in [4.78, 5) is 4.43. The van der Waals surface area contributed by atoms with Crippen molar-refractivity contribution in [3.05, 3.63) is 58.5 Å². The maximum absolute atomic E-state index is 5.28. The molecule has 2 nitrogen and oxygen atoms in total. The number of hydrogen-bond donors (Lipinski definition) is 0. The summed E-state index contributed by atoms with van der Waals surface area (Å²) < 4.78 is 6.35. The van der Waals surface area contributed by atoms with Crippen molar-refractivity contribution in [2.75, 3.05) is 0 Å². The van der Waals surface area contributed by atoms with Gasteiger partial charge in [0, 0.05) is 10.7 Å². The Labute approximate surface area is 103 Å². The molecule has 1 aromatic carbocycles. The number of halogens is 1. The van der Waals surface area contributed by atoms with Crippen LogP contribution in [-0.2, 0) is 0 Å². The first-order chi connectivity index (χ1) is 7.75. The minimum atomic E-state index is 0.0543. The van der Waals surface area contributed by atoms with Crippen molar-refractivity contribution < 1.29 is 4.42 Å². The lowest BCUT2D eigenvalue weighted by Crippen LogP contribution is -1.88. The average molecular weight is 278 g/mol. The highest BCUT2D eigenvalue weighted by molar-refractivity contribution is 9.10. The Hall–Kier alpha value is -1.35. The van der Waals surface area contributed by atoms with E-state index in [1.165, 1.54) is 0 Å². The van der Waals surface area contributed by atoms with Gasteiger partial charge in [-0.15, -0.1) is 0 Å². The largest absolute Gasteiger partial charge is 0.467 e. The fraction of sp³-hybridized carbons (Fsp3) is 0.154. The SMILES string of the molecule is C[C@@H](N=Cc1ccc(Br)cc1)c1ccco1. The van der Waals surface area contributed by atoms with E-state index in [2.05, 4.69) is 20.9 Å². The van der Waals surface area contributed by atoms with E-state index in [1.54, 1.807) is 6.26 Å². The quantitative estimate of drug-likeness (QED) is 0.772. The minimum Gasteiger partial charge on any atom is -0.467 e. The van der Waals surface area contributed by atoms with E-state index in [1.807, 2.05) is 49.5 Å². The van der Waals surface area contributed by atoms with E-state index in [0.717, 1.165) is 15.8 Å². The molecule has 0 spiro atoms. The normalized spacial score (nSPS) is 13.1. The predicted molar refractivity (Wildman–Crippen MR) is 68.9 cm³/mol. The van der Waals surface area contributed by atoms with Gasteiger partial charge in [-0.25, -0.2) is 0 Å². The Morgan fingerprint density at radius 2 is 2.00 bits per heavy atom. The summed E-state index contributed by atoms with van der Waals surface area (Å²) in [6.45, 7) is 2.01. The molecular weight excluding hydrogens is 266 g/mol. The van der Waals surface area contributed by atoms with Gasteiger partial charge in [-0.05, 0) is 36.8 Å². The summed E-state index contributed by atoms with van der Waals surface area (Å²) in [7, 11) is 0. The molecule has 0 aliphatic rings. The van der Waals surface area contributed by atoms with Crippen LogP contribution in [0.1, 0.15) is 24.3 Å². The third kappa shape index (κ3) is 2.83. The second kappa shape index (κ2) is 5.12. The predicted octanol–water partition coefficient (Wildman–Crippen LogP) is 4.22. The Morgan fingerprint density at radius 3 is 2.62 bits per heavy atom. The summed E-state index contributed by atoms with van der Waals surface area (Å²) in [5, 5.41) is 0. The fourth-order valence-electron chi connectivity index (χ4n) is 1.35. The highest BCUT2D eigenvalue weighted by Gasteiger charge is 2.03. The Kier molecular flexibility index (Phi) is 3.57. The van der Waals surface area contributed by atoms with E-state index in [9.17, 15) is 0 Å². The lowest BCUT2D eigenvalue weighted by molar-refractivity contribution is 0.481. The van der Waals surface area contributed by atoms with Gasteiger partial charge in [0.25, 0.3) is 0 Å². The first-order valence-electron chi connectivity index (χ1n) is 5.08. The van der Waals surface area contributed by atoms with E-state index >= 15 is 0 Å². The molecule has 0 aliphatic carbocycles. The van der Waals surface area contributed by atoms with Crippen LogP contribution in [0, 0.1) is 0 Å². The second-order valence-electron chi connectivity index (χ2n) is 3.52. The minimum absolute atomic E-state index is 0.0543. The molecule has 0 saturated carbocycles. The first-order valence-corrected chi connectivity index (χ1v) is 5.87. The summed E-state index contributed by atoms with van der Waals surface area (Å²) in [6, 6.07) is 11.9. The smallest absolute Gasteiger partial charge is 0.127 e. The van der Waals surface area contributed by atoms with Gasteiger partial charge in [0.2, 0.25) is 0 Å². The van der Waals surface area contributed by atoms with Crippen molar-refractivity contribution in [2.45, 2.75) is 13.0 Å². The van der Waals surface area contributed by atoms with Crippen LogP contribution < -0.4 is 0 Å². The molecule has 82 valence electrons. The van der Waals surface area contributed by atoms with Crippen LogP contribution in [-0.4, -0.2) is 6.21 Å². The van der Waals surface area contributed by atoms with Gasteiger partial charge >= 0.3 is 0 Å². The van der Waals surface area contributed by atoms with Crippen molar-refractivity contribution >= 4 is 22.1 Å². The zero-order valence-electron chi connectivity index (χ0n) is 8.93. The molecule has 0 fully saturated rings. The number of hydrogen-bond acceptors (Lipinski definition) is 2. The molecular formula is C13H12BrNO. The standard InChI is InChI=1S/C13H12BrNO/c1-10(13-3-2-8-16-13)15-9-11-4-6-12(14)7-5-11/h2-10H,1H3/t10-/m1/s1. The van der Waals surface area contributed by atoms with Crippen LogP contribution in [0.5, 0.6) is 0 Å². The highest BCUT2D eigenvalue weighted by atomic mass is 79.9. The second-order valence-corrected chi connectivity index (χ2v) is 4.44. The molecule has 1 heterocycles. The van der Waals surface area contributed by atoms with Crippen LogP contribution >= 0.6 is 15.9 Å². The highest BCUT2D eigenvalue weighted by Crippen LogP contribution is 2.16. The molecule has 0 saturated heterocycles. The number of aliphatic imine (C=N–C) groups is 1. The fourth-order valence-corrected chi connectivity index (χ4v) is 1.61. The third-order valence-electron chi connectivity index (χ3n) is 2.27.